The summed E-state index contributed by atoms with van der Waals surface area (Å²) in [4.78, 5) is 3.67. The van der Waals surface area contributed by atoms with Crippen LogP contribution in [0.25, 0.3) is 0 Å². The van der Waals surface area contributed by atoms with Gasteiger partial charge in [0.25, 0.3) is 0 Å². The van der Waals surface area contributed by atoms with Crippen LogP contribution in [0.2, 0.25) is 0 Å². The molecule has 1 aliphatic heterocycles. The van der Waals surface area contributed by atoms with Gasteiger partial charge in [0, 0.05) is 5.56 Å². The maximum atomic E-state index is 14.0. The normalized spacial score (nSPS) is 14.8. The minimum atomic E-state index is -0.130. The molecule has 1 aliphatic rings. The fraction of sp³-hybridized carbons (Fsp3) is 0.250. The molecule has 0 aliphatic carbocycles. The van der Waals surface area contributed by atoms with Crippen LogP contribution < -0.4 is 14.5 Å². The van der Waals surface area contributed by atoms with Gasteiger partial charge in [-0.05, 0) is 29.8 Å². The first-order valence-electron chi connectivity index (χ1n) is 9.87. The second-order valence-electron chi connectivity index (χ2n) is 7.29. The van der Waals surface area contributed by atoms with Crippen LogP contribution in [0.15, 0.2) is 78.9 Å². The van der Waals surface area contributed by atoms with Gasteiger partial charge in [0.1, 0.15) is 24.7 Å². The number of para-hydroxylation sites is 1. The van der Waals surface area contributed by atoms with Crippen LogP contribution in [0.4, 0.5) is 10.1 Å². The molecule has 0 bridgehead atoms. The lowest BCUT2D eigenvalue weighted by molar-refractivity contribution is -0.914. The van der Waals surface area contributed by atoms with Crippen LogP contribution in [0.3, 0.4) is 0 Å². The Morgan fingerprint density at radius 3 is 2.32 bits per heavy atom. The van der Waals surface area contributed by atoms with Crippen LogP contribution in [0.1, 0.15) is 11.1 Å². The van der Waals surface area contributed by atoms with Crippen molar-refractivity contribution in [2.45, 2.75) is 13.2 Å². The number of ether oxygens (including phenoxy) is 1. The summed E-state index contributed by atoms with van der Waals surface area (Å²) in [5.41, 5.74) is 3.17. The first-order chi connectivity index (χ1) is 13.8. The van der Waals surface area contributed by atoms with Crippen molar-refractivity contribution in [3.63, 3.8) is 0 Å². The molecule has 0 radical (unpaired) electrons. The van der Waals surface area contributed by atoms with Gasteiger partial charge >= 0.3 is 0 Å². The Bertz CT molecular complexity index is 892. The number of nitrogens with one attached hydrogen (secondary N) is 1. The number of halogens is 1. The Balaban J connectivity index is 1.31. The van der Waals surface area contributed by atoms with Crippen LogP contribution in [0.5, 0.6) is 5.75 Å². The number of quaternary nitrogens is 1. The van der Waals surface area contributed by atoms with Crippen molar-refractivity contribution in [3.8, 4) is 5.75 Å². The summed E-state index contributed by atoms with van der Waals surface area (Å²) in [6, 6.07) is 25.6. The fourth-order valence-corrected chi connectivity index (χ4v) is 3.72. The van der Waals surface area contributed by atoms with Crippen molar-refractivity contribution in [1.82, 2.24) is 0 Å². The van der Waals surface area contributed by atoms with E-state index in [0.717, 1.165) is 44.2 Å². The van der Waals surface area contributed by atoms with Crippen LogP contribution in [0, 0.1) is 5.82 Å². The molecule has 4 rings (SSSR count). The molecule has 28 heavy (non-hydrogen) atoms. The van der Waals surface area contributed by atoms with E-state index in [1.165, 1.54) is 22.1 Å². The Labute approximate surface area is 166 Å². The van der Waals surface area contributed by atoms with E-state index >= 15 is 0 Å². The molecule has 0 saturated carbocycles. The van der Waals surface area contributed by atoms with Crippen LogP contribution >= 0.6 is 0 Å². The number of anilines is 1. The second-order valence-corrected chi connectivity index (χ2v) is 7.29. The molecule has 3 aromatic rings. The summed E-state index contributed by atoms with van der Waals surface area (Å²) in [6.45, 7) is 5.31. The highest BCUT2D eigenvalue weighted by Crippen LogP contribution is 2.18. The Morgan fingerprint density at radius 2 is 1.54 bits per heavy atom. The quantitative estimate of drug-likeness (QED) is 0.710. The highest BCUT2D eigenvalue weighted by molar-refractivity contribution is 5.47. The third kappa shape index (κ3) is 4.70. The van der Waals surface area contributed by atoms with E-state index in [-0.39, 0.29) is 5.82 Å². The molecule has 0 unspecified atom stereocenters. The third-order valence-corrected chi connectivity index (χ3v) is 5.26. The van der Waals surface area contributed by atoms with Gasteiger partial charge in [-0.1, -0.05) is 54.6 Å². The average Bonchev–Trinajstić information content (AvgIpc) is 2.74. The zero-order valence-corrected chi connectivity index (χ0v) is 16.0. The number of piperazine rings is 1. The van der Waals surface area contributed by atoms with Crippen molar-refractivity contribution in [1.29, 1.82) is 0 Å². The maximum Gasteiger partial charge on any atom is 0.146 e. The van der Waals surface area contributed by atoms with E-state index in [1.54, 1.807) is 6.07 Å². The lowest BCUT2D eigenvalue weighted by Crippen LogP contribution is -3.13. The van der Waals surface area contributed by atoms with E-state index in [9.17, 15) is 4.39 Å². The van der Waals surface area contributed by atoms with Gasteiger partial charge in [-0.25, -0.2) is 4.39 Å². The Hall–Kier alpha value is -2.85. The molecular formula is C24H26FN2O+. The van der Waals surface area contributed by atoms with E-state index in [1.807, 2.05) is 36.4 Å². The molecule has 0 aromatic heterocycles. The summed E-state index contributed by atoms with van der Waals surface area (Å²) in [5, 5.41) is 0. The van der Waals surface area contributed by atoms with Gasteiger partial charge in [-0.3, -0.25) is 0 Å². The molecule has 1 saturated heterocycles. The standard InChI is InChI=1S/C24H25FN2O/c25-23-11-4-5-12-24(23)27-15-13-26(14-16-27)18-21-9-6-10-22(17-21)28-19-20-7-2-1-3-8-20/h1-12,17H,13-16,18-19H2/p+1. The maximum absolute atomic E-state index is 14.0. The fourth-order valence-electron chi connectivity index (χ4n) is 3.72. The SMILES string of the molecule is Fc1ccccc1N1CC[NH+](Cc2cccc(OCc3ccccc3)c2)CC1. The molecule has 0 amide bonds. The zero-order chi connectivity index (χ0) is 19.2. The largest absolute Gasteiger partial charge is 0.489 e. The summed E-state index contributed by atoms with van der Waals surface area (Å²) in [6.07, 6.45) is 0. The van der Waals surface area contributed by atoms with Gasteiger partial charge in [0.05, 0.1) is 31.9 Å². The first kappa shape index (κ1) is 18.5. The average molecular weight is 377 g/mol. The molecule has 4 heteroatoms. The van der Waals surface area contributed by atoms with Crippen LogP contribution in [-0.2, 0) is 13.2 Å². The van der Waals surface area contributed by atoms with Gasteiger partial charge in [-0.2, -0.15) is 0 Å². The first-order valence-corrected chi connectivity index (χ1v) is 9.87. The van der Waals surface area contributed by atoms with E-state index in [0.29, 0.717) is 6.61 Å². The minimum absolute atomic E-state index is 0.130. The lowest BCUT2D eigenvalue weighted by atomic mass is 10.1. The predicted octanol–water partition coefficient (Wildman–Crippen LogP) is 3.31. The highest BCUT2D eigenvalue weighted by atomic mass is 19.1. The smallest absolute Gasteiger partial charge is 0.146 e. The van der Waals surface area contributed by atoms with E-state index in [4.69, 9.17) is 4.74 Å². The Kier molecular flexibility index (Phi) is 5.88. The number of benzene rings is 3. The van der Waals surface area contributed by atoms with Gasteiger partial charge in [0.15, 0.2) is 0 Å². The molecule has 0 atom stereocenters. The highest BCUT2D eigenvalue weighted by Gasteiger charge is 2.22. The lowest BCUT2D eigenvalue weighted by Gasteiger charge is -2.33. The topological polar surface area (TPSA) is 16.9 Å². The minimum Gasteiger partial charge on any atom is -0.489 e. The van der Waals surface area contributed by atoms with Gasteiger partial charge in [0.2, 0.25) is 0 Å². The molecule has 3 nitrogen and oxygen atoms in total. The van der Waals surface area contributed by atoms with Crippen molar-refractivity contribution in [2.24, 2.45) is 0 Å². The zero-order valence-electron chi connectivity index (χ0n) is 16.0. The van der Waals surface area contributed by atoms with E-state index < -0.39 is 0 Å². The van der Waals surface area contributed by atoms with Crippen molar-refractivity contribution in [2.75, 3.05) is 31.1 Å². The summed E-state index contributed by atoms with van der Waals surface area (Å²) in [7, 11) is 0. The molecule has 0 spiro atoms. The van der Waals surface area contributed by atoms with Gasteiger partial charge in [-0.15, -0.1) is 0 Å². The van der Waals surface area contributed by atoms with Crippen molar-refractivity contribution >= 4 is 5.69 Å². The second kappa shape index (κ2) is 8.89. The number of nitrogens with zero attached hydrogens (tertiary/aromatic N) is 1. The summed E-state index contributed by atoms with van der Waals surface area (Å²) >= 11 is 0. The summed E-state index contributed by atoms with van der Waals surface area (Å²) in [5.74, 6) is 0.778. The molecule has 144 valence electrons. The molecule has 3 aromatic carbocycles. The molecule has 1 heterocycles. The molecule has 1 fully saturated rings. The van der Waals surface area contributed by atoms with E-state index in [2.05, 4.69) is 35.2 Å². The molecular weight excluding hydrogens is 351 g/mol. The number of hydrogen-bond acceptors (Lipinski definition) is 2. The Morgan fingerprint density at radius 1 is 0.821 bits per heavy atom. The van der Waals surface area contributed by atoms with Crippen molar-refractivity contribution in [3.05, 3.63) is 95.8 Å². The third-order valence-electron chi connectivity index (χ3n) is 5.26. The number of rotatable bonds is 6. The number of hydrogen-bond donors (Lipinski definition) is 1. The monoisotopic (exact) mass is 377 g/mol. The predicted molar refractivity (Wildman–Crippen MR) is 110 cm³/mol. The molecule has 1 N–H and O–H groups in total. The summed E-state index contributed by atoms with van der Waals surface area (Å²) < 4.78 is 19.9. The van der Waals surface area contributed by atoms with Crippen LogP contribution in [-0.4, -0.2) is 26.2 Å². The van der Waals surface area contributed by atoms with Gasteiger partial charge < -0.3 is 14.5 Å². The van der Waals surface area contributed by atoms with Crippen molar-refractivity contribution < 1.29 is 14.0 Å².